The van der Waals surface area contributed by atoms with Crippen LogP contribution in [0.15, 0.2) is 58.6 Å². The number of ether oxygens (including phenoxy) is 1. The van der Waals surface area contributed by atoms with E-state index in [0.717, 1.165) is 9.87 Å². The molecular formula is C20H20FN3O4S. The minimum absolute atomic E-state index is 0.0128. The molecule has 0 bridgehead atoms. The van der Waals surface area contributed by atoms with E-state index in [-0.39, 0.29) is 23.5 Å². The highest BCUT2D eigenvalue weighted by Crippen LogP contribution is 2.23. The van der Waals surface area contributed by atoms with Gasteiger partial charge in [0.1, 0.15) is 11.6 Å². The molecule has 152 valence electrons. The Morgan fingerprint density at radius 2 is 1.86 bits per heavy atom. The van der Waals surface area contributed by atoms with Crippen LogP contribution in [0.2, 0.25) is 0 Å². The minimum atomic E-state index is -3.98. The summed E-state index contributed by atoms with van der Waals surface area (Å²) >= 11 is 0. The van der Waals surface area contributed by atoms with Crippen molar-refractivity contribution in [3.05, 3.63) is 71.2 Å². The van der Waals surface area contributed by atoms with Gasteiger partial charge in [-0.1, -0.05) is 18.2 Å². The number of hydrogen-bond acceptors (Lipinski definition) is 4. The van der Waals surface area contributed by atoms with Gasteiger partial charge >= 0.3 is 10.2 Å². The molecule has 0 radical (unpaired) electrons. The molecule has 0 fully saturated rings. The van der Waals surface area contributed by atoms with Gasteiger partial charge in [0.25, 0.3) is 5.91 Å². The molecule has 1 heterocycles. The summed E-state index contributed by atoms with van der Waals surface area (Å²) in [6.45, 7) is 3.17. The highest BCUT2D eigenvalue weighted by molar-refractivity contribution is 7.88. The number of amides is 1. The summed E-state index contributed by atoms with van der Waals surface area (Å²) < 4.78 is 48.5. The summed E-state index contributed by atoms with van der Waals surface area (Å²) in [6.07, 6.45) is 1.21. The summed E-state index contributed by atoms with van der Waals surface area (Å²) in [4.78, 5) is 12.7. The van der Waals surface area contributed by atoms with Crippen LogP contribution in [0, 0.1) is 12.7 Å². The van der Waals surface area contributed by atoms with E-state index in [0.29, 0.717) is 11.3 Å². The van der Waals surface area contributed by atoms with E-state index in [1.807, 2.05) is 0 Å². The average molecular weight is 417 g/mol. The van der Waals surface area contributed by atoms with Gasteiger partial charge in [0, 0.05) is 6.20 Å². The lowest BCUT2D eigenvalue weighted by Gasteiger charge is -2.24. The summed E-state index contributed by atoms with van der Waals surface area (Å²) in [6, 6.07) is 11.2. The predicted octanol–water partition coefficient (Wildman–Crippen LogP) is 3.19. The van der Waals surface area contributed by atoms with Crippen LogP contribution < -0.4 is 10.1 Å². The number of rotatable bonds is 5. The van der Waals surface area contributed by atoms with Crippen molar-refractivity contribution >= 4 is 27.5 Å². The first-order chi connectivity index (χ1) is 13.7. The van der Waals surface area contributed by atoms with E-state index in [4.69, 9.17) is 4.74 Å². The Balaban J connectivity index is 1.87. The van der Waals surface area contributed by atoms with Crippen LogP contribution in [-0.2, 0) is 21.5 Å². The van der Waals surface area contributed by atoms with Crippen molar-refractivity contribution in [2.24, 2.45) is 4.40 Å². The van der Waals surface area contributed by atoms with Gasteiger partial charge in [-0.2, -0.15) is 8.42 Å². The molecule has 29 heavy (non-hydrogen) atoms. The molecular weight excluding hydrogens is 397 g/mol. The van der Waals surface area contributed by atoms with Crippen LogP contribution in [0.4, 0.5) is 10.1 Å². The lowest BCUT2D eigenvalue weighted by molar-refractivity contribution is -0.112. The lowest BCUT2D eigenvalue weighted by atomic mass is 10.1. The first-order valence-electron chi connectivity index (χ1n) is 8.70. The molecule has 7 nitrogen and oxygen atoms in total. The fraction of sp³-hybridized carbons (Fsp3) is 0.200. The van der Waals surface area contributed by atoms with Crippen LogP contribution in [-0.4, -0.2) is 31.5 Å². The van der Waals surface area contributed by atoms with Crippen LogP contribution in [0.3, 0.4) is 0 Å². The van der Waals surface area contributed by atoms with E-state index >= 15 is 0 Å². The summed E-state index contributed by atoms with van der Waals surface area (Å²) in [5.41, 5.74) is 1.54. The zero-order valence-electron chi connectivity index (χ0n) is 16.1. The maximum Gasteiger partial charge on any atom is 0.344 e. The summed E-state index contributed by atoms with van der Waals surface area (Å²) in [5, 5.41) is 2.48. The number of nitrogens with one attached hydrogen (secondary N) is 1. The monoisotopic (exact) mass is 417 g/mol. The first-order valence-corrected chi connectivity index (χ1v) is 10.1. The molecule has 0 atom stereocenters. The van der Waals surface area contributed by atoms with Crippen molar-refractivity contribution in [1.82, 2.24) is 4.31 Å². The van der Waals surface area contributed by atoms with Gasteiger partial charge in [0.15, 0.2) is 0 Å². The second-order valence-electron chi connectivity index (χ2n) is 6.53. The molecule has 9 heteroatoms. The fourth-order valence-electron chi connectivity index (χ4n) is 2.76. The third kappa shape index (κ3) is 4.62. The number of aryl methyl sites for hydroxylation is 1. The Morgan fingerprint density at radius 1 is 1.17 bits per heavy atom. The Bertz CT molecular complexity index is 1110. The number of anilines is 1. The van der Waals surface area contributed by atoms with Crippen molar-refractivity contribution in [1.29, 1.82) is 0 Å². The maximum absolute atomic E-state index is 14.0. The molecule has 3 rings (SSSR count). The van der Waals surface area contributed by atoms with E-state index in [1.54, 1.807) is 37.3 Å². The molecule has 2 aromatic rings. The van der Waals surface area contributed by atoms with Crippen molar-refractivity contribution in [2.75, 3.05) is 12.4 Å². The summed E-state index contributed by atoms with van der Waals surface area (Å²) in [7, 11) is -2.45. The number of methoxy groups -OCH3 is 1. The number of carbonyl (C=O) groups is 1. The van der Waals surface area contributed by atoms with E-state index in [2.05, 4.69) is 9.71 Å². The maximum atomic E-state index is 14.0. The van der Waals surface area contributed by atoms with Gasteiger partial charge in [0.2, 0.25) is 0 Å². The van der Waals surface area contributed by atoms with Gasteiger partial charge in [0.05, 0.1) is 30.6 Å². The molecule has 1 aliphatic heterocycles. The molecule has 1 amide bonds. The number of halogens is 1. The van der Waals surface area contributed by atoms with Crippen LogP contribution >= 0.6 is 0 Å². The largest absolute Gasteiger partial charge is 0.497 e. The molecule has 0 saturated carbocycles. The third-order valence-corrected chi connectivity index (χ3v) is 5.66. The predicted molar refractivity (Wildman–Crippen MR) is 108 cm³/mol. The standard InChI is InChI=1S/C20H20FN3O4S/c1-13-4-9-18(21)19(10-13)22-20(25)17-12-24(29(26,27)23-14(17)2)11-15-5-7-16(28-3)8-6-15/h4-10,12H,11H2,1-3H3,(H,22,25). The van der Waals surface area contributed by atoms with Gasteiger partial charge in [-0.25, -0.2) is 4.39 Å². The average Bonchev–Trinajstić information content (AvgIpc) is 2.67. The molecule has 0 aliphatic carbocycles. The van der Waals surface area contributed by atoms with Crippen molar-refractivity contribution < 1.29 is 22.3 Å². The Hall–Kier alpha value is -3.20. The van der Waals surface area contributed by atoms with Gasteiger partial charge in [-0.3, -0.25) is 9.10 Å². The Morgan fingerprint density at radius 3 is 2.52 bits per heavy atom. The molecule has 2 aromatic carbocycles. The molecule has 1 aliphatic rings. The molecule has 0 spiro atoms. The van der Waals surface area contributed by atoms with E-state index < -0.39 is 21.9 Å². The van der Waals surface area contributed by atoms with Gasteiger partial charge in [-0.15, -0.1) is 4.40 Å². The SMILES string of the molecule is COc1ccc(CN2C=C(C(=O)Nc3cc(C)ccc3F)C(C)=NS2(=O)=O)cc1. The highest BCUT2D eigenvalue weighted by atomic mass is 32.2. The number of carbonyl (C=O) groups excluding carboxylic acids is 1. The van der Waals surface area contributed by atoms with Crippen LogP contribution in [0.25, 0.3) is 0 Å². The second-order valence-corrected chi connectivity index (χ2v) is 8.08. The first kappa shape index (κ1) is 20.5. The Kier molecular flexibility index (Phi) is 5.69. The molecule has 0 saturated heterocycles. The quantitative estimate of drug-likeness (QED) is 0.809. The van der Waals surface area contributed by atoms with Crippen LogP contribution in [0.1, 0.15) is 18.1 Å². The Labute approximate surface area is 168 Å². The van der Waals surface area contributed by atoms with E-state index in [9.17, 15) is 17.6 Å². The molecule has 0 unspecified atom stereocenters. The van der Waals surface area contributed by atoms with Gasteiger partial charge < -0.3 is 10.1 Å². The minimum Gasteiger partial charge on any atom is -0.497 e. The molecule has 0 aromatic heterocycles. The second kappa shape index (κ2) is 8.04. The van der Waals surface area contributed by atoms with Crippen molar-refractivity contribution in [3.63, 3.8) is 0 Å². The fourth-order valence-corrected chi connectivity index (χ4v) is 3.86. The topological polar surface area (TPSA) is 88.1 Å². The number of nitrogens with zero attached hydrogens (tertiary/aromatic N) is 2. The van der Waals surface area contributed by atoms with Crippen molar-refractivity contribution in [3.8, 4) is 5.75 Å². The third-order valence-electron chi connectivity index (χ3n) is 4.32. The van der Waals surface area contributed by atoms with E-state index in [1.165, 1.54) is 32.4 Å². The molecule has 1 N–H and O–H groups in total. The van der Waals surface area contributed by atoms with Crippen LogP contribution in [0.5, 0.6) is 5.75 Å². The number of hydrogen-bond donors (Lipinski definition) is 1. The van der Waals surface area contributed by atoms with Gasteiger partial charge in [-0.05, 0) is 49.2 Å². The highest BCUT2D eigenvalue weighted by Gasteiger charge is 2.28. The summed E-state index contributed by atoms with van der Waals surface area (Å²) in [5.74, 6) is -0.594. The lowest BCUT2D eigenvalue weighted by Crippen LogP contribution is -2.32. The normalized spacial score (nSPS) is 15.4. The number of benzene rings is 2. The smallest absolute Gasteiger partial charge is 0.344 e. The zero-order chi connectivity index (χ0) is 21.2. The zero-order valence-corrected chi connectivity index (χ0v) is 17.0. The van der Waals surface area contributed by atoms with Crippen molar-refractivity contribution in [2.45, 2.75) is 20.4 Å².